The second-order valence-electron chi connectivity index (χ2n) is 4.95. The van der Waals surface area contributed by atoms with Crippen LogP contribution >= 0.6 is 0 Å². The standard InChI is InChI=1S/C15H17N3O3/c1-21-7-6-18-10-11(8-14(18)19)15(20)12(9-16)13-4-2-3-5-17-13/h2-5,11-12H,6-8,10H2,1H3/t11-,12+/m1/s1. The first-order chi connectivity index (χ1) is 10.2. The van der Waals surface area contributed by atoms with Crippen LogP contribution in [-0.2, 0) is 14.3 Å². The van der Waals surface area contributed by atoms with Gasteiger partial charge in [-0.05, 0) is 12.1 Å². The number of rotatable bonds is 6. The molecule has 0 radical (unpaired) electrons. The number of carbonyl (C=O) groups is 2. The van der Waals surface area contributed by atoms with Gasteiger partial charge in [-0.1, -0.05) is 6.07 Å². The number of likely N-dealkylation sites (tertiary alicyclic amines) is 1. The van der Waals surface area contributed by atoms with Crippen LogP contribution in [0.4, 0.5) is 0 Å². The van der Waals surface area contributed by atoms with Gasteiger partial charge in [-0.15, -0.1) is 0 Å². The van der Waals surface area contributed by atoms with Crippen LogP contribution in [0, 0.1) is 17.2 Å². The number of hydrogen-bond donors (Lipinski definition) is 0. The first-order valence-corrected chi connectivity index (χ1v) is 6.78. The van der Waals surface area contributed by atoms with Gasteiger partial charge in [0, 0.05) is 38.7 Å². The van der Waals surface area contributed by atoms with E-state index in [1.54, 1.807) is 36.4 Å². The van der Waals surface area contributed by atoms with Crippen molar-refractivity contribution in [3.8, 4) is 6.07 Å². The molecule has 2 rings (SSSR count). The van der Waals surface area contributed by atoms with Gasteiger partial charge in [0.05, 0.1) is 18.4 Å². The maximum absolute atomic E-state index is 12.5. The SMILES string of the molecule is COCCN1C[C@H](C(=O)[C@@H](C#N)c2ccccn2)CC1=O. The van der Waals surface area contributed by atoms with Crippen molar-refractivity contribution in [1.82, 2.24) is 9.88 Å². The fourth-order valence-electron chi connectivity index (χ4n) is 2.44. The van der Waals surface area contributed by atoms with E-state index >= 15 is 0 Å². The van der Waals surface area contributed by atoms with Crippen molar-refractivity contribution in [2.75, 3.05) is 26.8 Å². The van der Waals surface area contributed by atoms with Gasteiger partial charge < -0.3 is 9.64 Å². The molecule has 1 aromatic rings. The fourth-order valence-corrected chi connectivity index (χ4v) is 2.44. The molecule has 1 aliphatic heterocycles. The highest BCUT2D eigenvalue weighted by Gasteiger charge is 2.38. The summed E-state index contributed by atoms with van der Waals surface area (Å²) in [4.78, 5) is 30.0. The molecule has 0 spiro atoms. The number of nitriles is 1. The van der Waals surface area contributed by atoms with Crippen molar-refractivity contribution in [3.05, 3.63) is 30.1 Å². The molecule has 1 fully saturated rings. The van der Waals surface area contributed by atoms with Crippen molar-refractivity contribution in [2.45, 2.75) is 12.3 Å². The van der Waals surface area contributed by atoms with Crippen LogP contribution in [0.25, 0.3) is 0 Å². The Hall–Kier alpha value is -2.26. The van der Waals surface area contributed by atoms with E-state index in [0.717, 1.165) is 0 Å². The summed E-state index contributed by atoms with van der Waals surface area (Å²) >= 11 is 0. The van der Waals surface area contributed by atoms with Gasteiger partial charge in [0.25, 0.3) is 0 Å². The van der Waals surface area contributed by atoms with Gasteiger partial charge in [0.2, 0.25) is 5.91 Å². The number of aromatic nitrogens is 1. The van der Waals surface area contributed by atoms with E-state index in [2.05, 4.69) is 4.98 Å². The minimum Gasteiger partial charge on any atom is -0.383 e. The van der Waals surface area contributed by atoms with Crippen LogP contribution in [0.5, 0.6) is 0 Å². The lowest BCUT2D eigenvalue weighted by molar-refractivity contribution is -0.129. The van der Waals surface area contributed by atoms with Gasteiger partial charge in [-0.25, -0.2) is 0 Å². The van der Waals surface area contributed by atoms with Crippen LogP contribution in [-0.4, -0.2) is 48.4 Å². The minimum absolute atomic E-state index is 0.0666. The Balaban J connectivity index is 2.06. The van der Waals surface area contributed by atoms with E-state index in [-0.39, 0.29) is 18.1 Å². The molecule has 1 aliphatic rings. The second kappa shape index (κ2) is 6.95. The summed E-state index contributed by atoms with van der Waals surface area (Å²) in [6.07, 6.45) is 1.71. The first-order valence-electron chi connectivity index (χ1n) is 6.78. The molecule has 0 unspecified atom stereocenters. The number of ketones is 1. The van der Waals surface area contributed by atoms with Crippen molar-refractivity contribution >= 4 is 11.7 Å². The van der Waals surface area contributed by atoms with Crippen molar-refractivity contribution in [1.29, 1.82) is 5.26 Å². The molecule has 1 amide bonds. The summed E-state index contributed by atoms with van der Waals surface area (Å²) in [5.74, 6) is -1.65. The third-order valence-corrected chi connectivity index (χ3v) is 3.58. The number of hydrogen-bond acceptors (Lipinski definition) is 5. The summed E-state index contributed by atoms with van der Waals surface area (Å²) in [5.41, 5.74) is 0.438. The molecule has 6 nitrogen and oxygen atoms in total. The summed E-state index contributed by atoms with van der Waals surface area (Å²) in [7, 11) is 1.57. The Morgan fingerprint density at radius 2 is 2.43 bits per heavy atom. The highest BCUT2D eigenvalue weighted by molar-refractivity contribution is 5.95. The molecule has 0 aromatic carbocycles. The zero-order chi connectivity index (χ0) is 15.2. The van der Waals surface area contributed by atoms with Crippen LogP contribution in [0.2, 0.25) is 0 Å². The van der Waals surface area contributed by atoms with E-state index in [4.69, 9.17) is 4.74 Å². The van der Waals surface area contributed by atoms with E-state index in [0.29, 0.717) is 25.4 Å². The molecule has 0 bridgehead atoms. The highest BCUT2D eigenvalue weighted by Crippen LogP contribution is 2.25. The Labute approximate surface area is 123 Å². The predicted molar refractivity (Wildman–Crippen MR) is 74.2 cm³/mol. The number of carbonyl (C=O) groups excluding carboxylic acids is 2. The second-order valence-corrected chi connectivity index (χ2v) is 4.95. The largest absolute Gasteiger partial charge is 0.383 e. The normalized spacial score (nSPS) is 19.3. The summed E-state index contributed by atoms with van der Waals surface area (Å²) in [5, 5.41) is 9.25. The molecule has 110 valence electrons. The zero-order valence-corrected chi connectivity index (χ0v) is 11.9. The lowest BCUT2D eigenvalue weighted by Gasteiger charge is -2.16. The van der Waals surface area contributed by atoms with E-state index in [1.807, 2.05) is 6.07 Å². The summed E-state index contributed by atoms with van der Waals surface area (Å²) < 4.78 is 4.94. The first kappa shape index (κ1) is 15.1. The molecular formula is C15H17N3O3. The number of ether oxygens (including phenoxy) is 1. The lowest BCUT2D eigenvalue weighted by Crippen LogP contribution is -2.30. The smallest absolute Gasteiger partial charge is 0.223 e. The maximum Gasteiger partial charge on any atom is 0.223 e. The number of Topliss-reactive ketones (excluding diaryl/α,β-unsaturated/α-hetero) is 1. The molecular weight excluding hydrogens is 270 g/mol. The highest BCUT2D eigenvalue weighted by atomic mass is 16.5. The average Bonchev–Trinajstić information content (AvgIpc) is 2.88. The lowest BCUT2D eigenvalue weighted by atomic mass is 9.90. The zero-order valence-electron chi connectivity index (χ0n) is 11.9. The molecule has 21 heavy (non-hydrogen) atoms. The Kier molecular flexibility index (Phi) is 5.01. The molecule has 2 atom stereocenters. The van der Waals surface area contributed by atoms with E-state index in [9.17, 15) is 14.9 Å². The summed E-state index contributed by atoms with van der Waals surface area (Å²) in [6.45, 7) is 1.26. The molecule has 0 aliphatic carbocycles. The maximum atomic E-state index is 12.5. The van der Waals surface area contributed by atoms with Crippen LogP contribution in [0.15, 0.2) is 24.4 Å². The quantitative estimate of drug-likeness (QED) is 0.771. The fraction of sp³-hybridized carbons (Fsp3) is 0.467. The molecule has 0 N–H and O–H groups in total. The van der Waals surface area contributed by atoms with Crippen LogP contribution < -0.4 is 0 Å². The van der Waals surface area contributed by atoms with Crippen molar-refractivity contribution in [2.24, 2.45) is 5.92 Å². The monoisotopic (exact) mass is 287 g/mol. The van der Waals surface area contributed by atoms with Crippen LogP contribution in [0.1, 0.15) is 18.0 Å². The third-order valence-electron chi connectivity index (χ3n) is 3.58. The van der Waals surface area contributed by atoms with Gasteiger partial charge in [-0.3, -0.25) is 14.6 Å². The average molecular weight is 287 g/mol. The topological polar surface area (TPSA) is 83.3 Å². The molecule has 1 aromatic heterocycles. The van der Waals surface area contributed by atoms with Crippen LogP contribution in [0.3, 0.4) is 0 Å². The number of nitrogens with zero attached hydrogens (tertiary/aromatic N) is 3. The van der Waals surface area contributed by atoms with Gasteiger partial charge in [0.1, 0.15) is 5.92 Å². The molecule has 2 heterocycles. The molecule has 1 saturated heterocycles. The van der Waals surface area contributed by atoms with E-state index in [1.165, 1.54) is 0 Å². The van der Waals surface area contributed by atoms with E-state index < -0.39 is 11.8 Å². The van der Waals surface area contributed by atoms with Gasteiger partial charge >= 0.3 is 0 Å². The number of amides is 1. The Morgan fingerprint density at radius 1 is 1.62 bits per heavy atom. The minimum atomic E-state index is -0.911. The Bertz CT molecular complexity index is 553. The summed E-state index contributed by atoms with van der Waals surface area (Å²) in [6, 6.07) is 7.13. The van der Waals surface area contributed by atoms with Crippen molar-refractivity contribution < 1.29 is 14.3 Å². The number of pyridine rings is 1. The predicted octanol–water partition coefficient (Wildman–Crippen LogP) is 0.753. The van der Waals surface area contributed by atoms with Gasteiger partial charge in [-0.2, -0.15) is 5.26 Å². The Morgan fingerprint density at radius 3 is 3.05 bits per heavy atom. The molecule has 0 saturated carbocycles. The van der Waals surface area contributed by atoms with Gasteiger partial charge in [0.15, 0.2) is 5.78 Å². The van der Waals surface area contributed by atoms with Crippen molar-refractivity contribution in [3.63, 3.8) is 0 Å². The number of methoxy groups -OCH3 is 1. The third kappa shape index (κ3) is 3.44. The molecule has 6 heteroatoms.